The molecule has 0 aromatic rings. The molecule has 0 aromatic heterocycles. The molecule has 0 saturated heterocycles. The lowest BCUT2D eigenvalue weighted by Crippen LogP contribution is -1.68. The third-order valence-corrected chi connectivity index (χ3v) is 1.23. The van der Waals surface area contributed by atoms with Crippen molar-refractivity contribution in [2.75, 3.05) is 0 Å². The summed E-state index contributed by atoms with van der Waals surface area (Å²) in [5, 5.41) is 0. The van der Waals surface area contributed by atoms with Crippen LogP contribution in [0.1, 0.15) is 26.2 Å². The van der Waals surface area contributed by atoms with Gasteiger partial charge in [0.2, 0.25) is 0 Å². The summed E-state index contributed by atoms with van der Waals surface area (Å²) in [5.74, 6) is 1.02. The lowest BCUT2D eigenvalue weighted by atomic mass is 10.2. The average molecular weight is 83.2 g/mol. The van der Waals surface area contributed by atoms with Gasteiger partial charge in [0.1, 0.15) is 0 Å². The fourth-order valence-corrected chi connectivity index (χ4v) is 0.703. The maximum Gasteiger partial charge on any atom is -0.0352 e. The second-order valence-corrected chi connectivity index (χ2v) is 2.02. The van der Waals surface area contributed by atoms with Crippen LogP contribution in [0.25, 0.3) is 0 Å². The molecule has 0 heterocycles. The molecule has 0 aliphatic heterocycles. The molecule has 0 spiro atoms. The highest BCUT2D eigenvalue weighted by Gasteiger charge is 2.19. The van der Waals surface area contributed by atoms with Crippen molar-refractivity contribution in [3.63, 3.8) is 0 Å². The van der Waals surface area contributed by atoms with Gasteiger partial charge in [0.15, 0.2) is 0 Å². The predicted molar refractivity (Wildman–Crippen MR) is 27.3 cm³/mol. The van der Waals surface area contributed by atoms with Crippen molar-refractivity contribution < 1.29 is 0 Å². The number of hydrogen-bond acceptors (Lipinski definition) is 0. The molecule has 0 amide bonds. The Morgan fingerprint density at radius 3 is 2.67 bits per heavy atom. The lowest BCUT2D eigenvalue weighted by molar-refractivity contribution is 0.726. The first-order chi connectivity index (χ1) is 2.93. The van der Waals surface area contributed by atoms with E-state index in [0.29, 0.717) is 0 Å². The minimum absolute atomic E-state index is 1.02. The second kappa shape index (κ2) is 1.63. The van der Waals surface area contributed by atoms with E-state index in [1.807, 2.05) is 0 Å². The Hall–Kier alpha value is 0. The maximum absolute atomic E-state index is 2.38. The fourth-order valence-electron chi connectivity index (χ4n) is 0.703. The maximum atomic E-state index is 2.38. The van der Waals surface area contributed by atoms with E-state index in [-0.39, 0.29) is 0 Å². The topological polar surface area (TPSA) is 0 Å². The molecule has 0 heteroatoms. The first-order valence-electron chi connectivity index (χ1n) is 2.77. The second-order valence-electron chi connectivity index (χ2n) is 2.02. The third-order valence-electron chi connectivity index (χ3n) is 1.23. The summed E-state index contributed by atoms with van der Waals surface area (Å²) in [4.78, 5) is 0. The van der Waals surface area contributed by atoms with Crippen molar-refractivity contribution in [1.29, 1.82) is 0 Å². The lowest BCUT2D eigenvalue weighted by Gasteiger charge is -1.82. The van der Waals surface area contributed by atoms with Gasteiger partial charge in [-0.1, -0.05) is 19.8 Å². The van der Waals surface area contributed by atoms with Crippen LogP contribution < -0.4 is 0 Å². The van der Waals surface area contributed by atoms with Crippen LogP contribution in [-0.2, 0) is 0 Å². The standard InChI is InChI=1S/C6H11/c1-2-3-6-4-5-6/h4,6H,2-3,5H2,1H3. The summed E-state index contributed by atoms with van der Waals surface area (Å²) in [6, 6.07) is 0. The Kier molecular flexibility index (Phi) is 1.13. The van der Waals surface area contributed by atoms with Crippen LogP contribution in [0.15, 0.2) is 0 Å². The molecule has 1 saturated carbocycles. The van der Waals surface area contributed by atoms with Crippen LogP contribution in [0.4, 0.5) is 0 Å². The molecule has 1 aliphatic carbocycles. The zero-order chi connectivity index (χ0) is 4.41. The normalized spacial score (nSPS) is 21.5. The van der Waals surface area contributed by atoms with Gasteiger partial charge in [0, 0.05) is 0 Å². The summed E-state index contributed by atoms with van der Waals surface area (Å²) in [6.45, 7) is 2.24. The Balaban J connectivity index is 1.88. The molecule has 6 heavy (non-hydrogen) atoms. The first-order valence-corrected chi connectivity index (χ1v) is 2.77. The minimum Gasteiger partial charge on any atom is -0.0654 e. The van der Waals surface area contributed by atoms with E-state index in [2.05, 4.69) is 13.3 Å². The van der Waals surface area contributed by atoms with Gasteiger partial charge in [-0.15, -0.1) is 0 Å². The van der Waals surface area contributed by atoms with Gasteiger partial charge in [-0.05, 0) is 18.8 Å². The molecule has 35 valence electrons. The first kappa shape index (κ1) is 4.17. The van der Waals surface area contributed by atoms with Gasteiger partial charge in [0.25, 0.3) is 0 Å². The van der Waals surface area contributed by atoms with E-state index >= 15 is 0 Å². The summed E-state index contributed by atoms with van der Waals surface area (Å²) >= 11 is 0. The zero-order valence-electron chi connectivity index (χ0n) is 4.28. The Morgan fingerprint density at radius 1 is 1.83 bits per heavy atom. The third kappa shape index (κ3) is 1.00. The van der Waals surface area contributed by atoms with Crippen molar-refractivity contribution in [3.05, 3.63) is 6.42 Å². The molecular weight excluding hydrogens is 72.1 g/mol. The largest absolute Gasteiger partial charge is 0.0654 e. The molecule has 0 N–H and O–H groups in total. The predicted octanol–water partition coefficient (Wildman–Crippen LogP) is 2.01. The monoisotopic (exact) mass is 83.1 g/mol. The highest BCUT2D eigenvalue weighted by molar-refractivity contribution is 4.93. The van der Waals surface area contributed by atoms with Crippen LogP contribution in [0.2, 0.25) is 0 Å². The highest BCUT2D eigenvalue weighted by Crippen LogP contribution is 2.31. The quantitative estimate of drug-likeness (QED) is 0.479. The van der Waals surface area contributed by atoms with Crippen molar-refractivity contribution in [3.8, 4) is 0 Å². The molecule has 1 radical (unpaired) electrons. The van der Waals surface area contributed by atoms with E-state index in [1.165, 1.54) is 19.3 Å². The minimum atomic E-state index is 1.02. The van der Waals surface area contributed by atoms with Crippen LogP contribution in [-0.4, -0.2) is 0 Å². The van der Waals surface area contributed by atoms with Gasteiger partial charge in [0.05, 0.1) is 0 Å². The van der Waals surface area contributed by atoms with Gasteiger partial charge in [-0.2, -0.15) is 0 Å². The average Bonchev–Trinajstić information content (AvgIpc) is 2.21. The fraction of sp³-hybridized carbons (Fsp3) is 0.833. The Morgan fingerprint density at radius 2 is 2.50 bits per heavy atom. The van der Waals surface area contributed by atoms with Crippen molar-refractivity contribution in [1.82, 2.24) is 0 Å². The number of rotatable bonds is 2. The molecular formula is C6H11. The van der Waals surface area contributed by atoms with E-state index in [0.717, 1.165) is 5.92 Å². The SMILES string of the molecule is CCCC1[CH]C1. The van der Waals surface area contributed by atoms with Gasteiger partial charge < -0.3 is 0 Å². The van der Waals surface area contributed by atoms with E-state index in [4.69, 9.17) is 0 Å². The summed E-state index contributed by atoms with van der Waals surface area (Å²) in [5.41, 5.74) is 0. The van der Waals surface area contributed by atoms with Crippen molar-refractivity contribution in [2.24, 2.45) is 5.92 Å². The van der Waals surface area contributed by atoms with E-state index < -0.39 is 0 Å². The summed E-state index contributed by atoms with van der Waals surface area (Å²) < 4.78 is 0. The molecule has 1 atom stereocenters. The van der Waals surface area contributed by atoms with Crippen molar-refractivity contribution >= 4 is 0 Å². The molecule has 0 aromatic carbocycles. The zero-order valence-corrected chi connectivity index (χ0v) is 4.28. The highest BCUT2D eigenvalue weighted by atomic mass is 14.2. The molecule has 1 unspecified atom stereocenters. The van der Waals surface area contributed by atoms with Crippen LogP contribution in [0, 0.1) is 12.3 Å². The van der Waals surface area contributed by atoms with Gasteiger partial charge in [-0.3, -0.25) is 0 Å². The van der Waals surface area contributed by atoms with E-state index in [9.17, 15) is 0 Å². The van der Waals surface area contributed by atoms with Gasteiger partial charge in [-0.25, -0.2) is 0 Å². The smallest absolute Gasteiger partial charge is 0.0352 e. The van der Waals surface area contributed by atoms with Crippen LogP contribution >= 0.6 is 0 Å². The van der Waals surface area contributed by atoms with Crippen LogP contribution in [0.3, 0.4) is 0 Å². The van der Waals surface area contributed by atoms with Crippen LogP contribution in [0.5, 0.6) is 0 Å². The molecule has 0 nitrogen and oxygen atoms in total. The molecule has 1 aliphatic rings. The van der Waals surface area contributed by atoms with Gasteiger partial charge >= 0.3 is 0 Å². The van der Waals surface area contributed by atoms with Crippen molar-refractivity contribution in [2.45, 2.75) is 26.2 Å². The number of hydrogen-bond donors (Lipinski definition) is 0. The Bertz CT molecular complexity index is 35.3. The molecule has 0 bridgehead atoms. The van der Waals surface area contributed by atoms with E-state index in [1.54, 1.807) is 0 Å². The molecule has 1 rings (SSSR count). The Labute approximate surface area is 39.6 Å². The molecule has 1 fully saturated rings. The summed E-state index contributed by atoms with van der Waals surface area (Å²) in [6.07, 6.45) is 6.57. The summed E-state index contributed by atoms with van der Waals surface area (Å²) in [7, 11) is 0.